The second-order valence-electron chi connectivity index (χ2n) is 6.80. The Morgan fingerprint density at radius 1 is 1.14 bits per heavy atom. The summed E-state index contributed by atoms with van der Waals surface area (Å²) in [5.74, 6) is 0.600. The molecule has 2 aromatic heterocycles. The molecule has 0 saturated heterocycles. The first-order valence-electron chi connectivity index (χ1n) is 9.08. The summed E-state index contributed by atoms with van der Waals surface area (Å²) in [6.07, 6.45) is 0. The number of benzene rings is 1. The number of carbonyl (C=O) groups excluding carboxylic acids is 2. The maximum atomic E-state index is 12.7. The minimum atomic E-state index is -0.522. The predicted molar refractivity (Wildman–Crippen MR) is 108 cm³/mol. The summed E-state index contributed by atoms with van der Waals surface area (Å²) in [5.41, 5.74) is 3.67. The first-order chi connectivity index (χ1) is 13.8. The summed E-state index contributed by atoms with van der Waals surface area (Å²) in [4.78, 5) is 29.6. The third-order valence-electron chi connectivity index (χ3n) is 4.77. The van der Waals surface area contributed by atoms with Crippen molar-refractivity contribution in [3.05, 3.63) is 56.8 Å². The van der Waals surface area contributed by atoms with Gasteiger partial charge in [-0.15, -0.1) is 11.3 Å². The molecule has 29 heavy (non-hydrogen) atoms. The van der Waals surface area contributed by atoms with Crippen molar-refractivity contribution in [3.63, 3.8) is 0 Å². The molecule has 0 saturated carbocycles. The third kappa shape index (κ3) is 3.51. The number of hydrogen-bond acceptors (Lipinski definition) is 7. The SMILES string of the molecule is Cc1nc(C)c(C(=O)OCC(=O)c2cc(C)n(-c3ccc4c(c3)OCO4)c2C)s1. The molecule has 0 atom stereocenters. The summed E-state index contributed by atoms with van der Waals surface area (Å²) in [5, 5.41) is 0.785. The lowest BCUT2D eigenvalue weighted by molar-refractivity contribution is 0.0478. The molecule has 1 aliphatic heterocycles. The predicted octanol–water partition coefficient (Wildman–Crippen LogP) is 3.94. The van der Waals surface area contributed by atoms with E-state index in [0.29, 0.717) is 27.6 Å². The highest BCUT2D eigenvalue weighted by Gasteiger charge is 2.22. The zero-order valence-corrected chi connectivity index (χ0v) is 17.4. The second-order valence-corrected chi connectivity index (χ2v) is 8.01. The minimum Gasteiger partial charge on any atom is -0.454 e. The maximum Gasteiger partial charge on any atom is 0.350 e. The lowest BCUT2D eigenvalue weighted by Gasteiger charge is -2.11. The number of Topliss-reactive ketones (excluding diaryl/α,β-unsaturated/α-hetero) is 1. The van der Waals surface area contributed by atoms with E-state index in [1.165, 1.54) is 11.3 Å². The second kappa shape index (κ2) is 7.36. The van der Waals surface area contributed by atoms with Crippen molar-refractivity contribution < 1.29 is 23.8 Å². The Kier molecular flexibility index (Phi) is 4.87. The summed E-state index contributed by atoms with van der Waals surface area (Å²) in [7, 11) is 0. The van der Waals surface area contributed by atoms with Gasteiger partial charge in [-0.1, -0.05) is 0 Å². The van der Waals surface area contributed by atoms with Crippen LogP contribution in [0.5, 0.6) is 11.5 Å². The molecular formula is C21H20N2O5S. The van der Waals surface area contributed by atoms with Crippen molar-refractivity contribution >= 4 is 23.1 Å². The van der Waals surface area contributed by atoms with Crippen molar-refractivity contribution in [3.8, 4) is 17.2 Å². The molecule has 3 aromatic rings. The van der Waals surface area contributed by atoms with Crippen LogP contribution < -0.4 is 9.47 Å². The molecule has 0 aliphatic carbocycles. The summed E-state index contributed by atoms with van der Waals surface area (Å²) in [6.45, 7) is 7.25. The number of esters is 1. The average Bonchev–Trinajstić information content (AvgIpc) is 3.36. The highest BCUT2D eigenvalue weighted by atomic mass is 32.1. The number of ether oxygens (including phenoxy) is 3. The number of thiazole rings is 1. The fourth-order valence-corrected chi connectivity index (χ4v) is 4.28. The Labute approximate surface area is 171 Å². The smallest absolute Gasteiger partial charge is 0.350 e. The summed E-state index contributed by atoms with van der Waals surface area (Å²) in [6, 6.07) is 7.44. The highest BCUT2D eigenvalue weighted by molar-refractivity contribution is 7.13. The van der Waals surface area contributed by atoms with Gasteiger partial charge < -0.3 is 18.8 Å². The fourth-order valence-electron chi connectivity index (χ4n) is 3.46. The van der Waals surface area contributed by atoms with Crippen molar-refractivity contribution in [2.24, 2.45) is 0 Å². The number of carbonyl (C=O) groups is 2. The number of rotatable bonds is 5. The van der Waals surface area contributed by atoms with Gasteiger partial charge in [0.2, 0.25) is 12.6 Å². The van der Waals surface area contributed by atoms with Crippen LogP contribution in [0.3, 0.4) is 0 Å². The Morgan fingerprint density at radius 3 is 2.62 bits per heavy atom. The molecule has 7 nitrogen and oxygen atoms in total. The van der Waals surface area contributed by atoms with E-state index in [9.17, 15) is 9.59 Å². The molecule has 4 rings (SSSR count). The lowest BCUT2D eigenvalue weighted by Crippen LogP contribution is -2.15. The van der Waals surface area contributed by atoms with Crippen molar-refractivity contribution in [2.45, 2.75) is 27.7 Å². The number of nitrogens with zero attached hydrogens (tertiary/aromatic N) is 2. The Hall–Kier alpha value is -3.13. The number of aromatic nitrogens is 2. The number of ketones is 1. The van der Waals surface area contributed by atoms with Crippen LogP contribution in [0.4, 0.5) is 0 Å². The van der Waals surface area contributed by atoms with Gasteiger partial charge >= 0.3 is 5.97 Å². The molecule has 3 heterocycles. The average molecular weight is 412 g/mol. The van der Waals surface area contributed by atoms with Gasteiger partial charge in [-0.3, -0.25) is 4.79 Å². The topological polar surface area (TPSA) is 79.7 Å². The summed E-state index contributed by atoms with van der Waals surface area (Å²) >= 11 is 1.26. The van der Waals surface area contributed by atoms with Crippen LogP contribution in [-0.4, -0.2) is 34.7 Å². The van der Waals surface area contributed by atoms with Crippen LogP contribution in [0.2, 0.25) is 0 Å². The van der Waals surface area contributed by atoms with Gasteiger partial charge in [0, 0.05) is 28.7 Å². The van der Waals surface area contributed by atoms with Crippen molar-refractivity contribution in [2.75, 3.05) is 13.4 Å². The highest BCUT2D eigenvalue weighted by Crippen LogP contribution is 2.35. The number of hydrogen-bond donors (Lipinski definition) is 0. The molecule has 1 aliphatic rings. The van der Waals surface area contributed by atoms with E-state index in [-0.39, 0.29) is 19.2 Å². The summed E-state index contributed by atoms with van der Waals surface area (Å²) < 4.78 is 18.0. The Morgan fingerprint density at radius 2 is 1.90 bits per heavy atom. The van der Waals surface area contributed by atoms with Crippen LogP contribution in [-0.2, 0) is 4.74 Å². The zero-order chi connectivity index (χ0) is 20.7. The molecule has 0 bridgehead atoms. The fraction of sp³-hybridized carbons (Fsp3) is 0.286. The van der Waals surface area contributed by atoms with E-state index in [1.807, 2.05) is 43.5 Å². The van der Waals surface area contributed by atoms with E-state index in [2.05, 4.69) is 4.98 Å². The number of fused-ring (bicyclic) bond motifs is 1. The van der Waals surface area contributed by atoms with E-state index >= 15 is 0 Å². The van der Waals surface area contributed by atoms with Gasteiger partial charge in [-0.05, 0) is 45.9 Å². The first kappa shape index (κ1) is 19.2. The van der Waals surface area contributed by atoms with Gasteiger partial charge in [-0.2, -0.15) is 0 Å². The van der Waals surface area contributed by atoms with Gasteiger partial charge in [-0.25, -0.2) is 9.78 Å². The largest absolute Gasteiger partial charge is 0.454 e. The van der Waals surface area contributed by atoms with Crippen molar-refractivity contribution in [1.29, 1.82) is 0 Å². The van der Waals surface area contributed by atoms with Gasteiger partial charge in [0.05, 0.1) is 10.7 Å². The van der Waals surface area contributed by atoms with Crippen molar-refractivity contribution in [1.82, 2.24) is 9.55 Å². The maximum absolute atomic E-state index is 12.7. The Balaban J connectivity index is 1.53. The standard InChI is InChI=1S/C21H20N2O5S/c1-11-7-16(17(24)9-26-21(25)20-12(2)22-14(4)29-20)13(3)23(11)15-5-6-18-19(8-15)28-10-27-18/h5-8H,9-10H2,1-4H3. The van der Waals surface area contributed by atoms with E-state index in [0.717, 1.165) is 22.1 Å². The van der Waals surface area contributed by atoms with Crippen LogP contribution in [0, 0.1) is 27.7 Å². The molecule has 1 aromatic carbocycles. The van der Waals surface area contributed by atoms with E-state index < -0.39 is 5.97 Å². The lowest BCUT2D eigenvalue weighted by atomic mass is 10.1. The van der Waals surface area contributed by atoms with Crippen LogP contribution in [0.25, 0.3) is 5.69 Å². The Bertz CT molecular complexity index is 1130. The van der Waals surface area contributed by atoms with Crippen LogP contribution in [0.15, 0.2) is 24.3 Å². The number of aryl methyl sites for hydroxylation is 3. The molecule has 150 valence electrons. The molecule has 0 N–H and O–H groups in total. The minimum absolute atomic E-state index is 0.205. The van der Waals surface area contributed by atoms with E-state index in [4.69, 9.17) is 14.2 Å². The molecule has 0 unspecified atom stereocenters. The molecule has 0 spiro atoms. The van der Waals surface area contributed by atoms with Gasteiger partial charge in [0.1, 0.15) is 4.88 Å². The van der Waals surface area contributed by atoms with Crippen LogP contribution >= 0.6 is 11.3 Å². The quantitative estimate of drug-likeness (QED) is 0.467. The monoisotopic (exact) mass is 412 g/mol. The molecular weight excluding hydrogens is 392 g/mol. The molecule has 0 amide bonds. The van der Waals surface area contributed by atoms with Gasteiger partial charge in [0.25, 0.3) is 0 Å². The normalized spacial score (nSPS) is 12.3. The van der Waals surface area contributed by atoms with Gasteiger partial charge in [0.15, 0.2) is 18.1 Å². The molecule has 0 fully saturated rings. The zero-order valence-electron chi connectivity index (χ0n) is 16.6. The first-order valence-corrected chi connectivity index (χ1v) is 9.90. The van der Waals surface area contributed by atoms with Crippen LogP contribution in [0.1, 0.15) is 42.1 Å². The molecule has 8 heteroatoms. The third-order valence-corrected chi connectivity index (χ3v) is 5.82. The molecule has 0 radical (unpaired) electrons. The van der Waals surface area contributed by atoms with E-state index in [1.54, 1.807) is 13.0 Å².